The first kappa shape index (κ1) is 14.4. The molecule has 5 heteroatoms. The minimum atomic E-state index is 0.157. The van der Waals surface area contributed by atoms with Crippen LogP contribution in [0.2, 0.25) is 0 Å². The van der Waals surface area contributed by atoms with Crippen molar-refractivity contribution in [1.29, 1.82) is 0 Å². The van der Waals surface area contributed by atoms with Crippen LogP contribution < -0.4 is 5.32 Å². The summed E-state index contributed by atoms with van der Waals surface area (Å²) in [4.78, 5) is 13.8. The number of nitrogens with zero attached hydrogens (tertiary/aromatic N) is 1. The molecule has 1 saturated carbocycles. The summed E-state index contributed by atoms with van der Waals surface area (Å²) in [6.45, 7) is 3.12. The van der Waals surface area contributed by atoms with E-state index in [4.69, 9.17) is 9.47 Å². The SMILES string of the molecule is COCCCN(CCOC)C(=O)CNC1CC1. The molecule has 0 atom stereocenters. The highest BCUT2D eigenvalue weighted by Crippen LogP contribution is 2.18. The lowest BCUT2D eigenvalue weighted by Gasteiger charge is -2.22. The summed E-state index contributed by atoms with van der Waals surface area (Å²) in [5.74, 6) is 0.157. The lowest BCUT2D eigenvalue weighted by Crippen LogP contribution is -2.41. The van der Waals surface area contributed by atoms with Crippen molar-refractivity contribution in [3.05, 3.63) is 0 Å². The molecule has 0 aromatic carbocycles. The van der Waals surface area contributed by atoms with Gasteiger partial charge in [-0.15, -0.1) is 0 Å². The van der Waals surface area contributed by atoms with Crippen LogP contribution in [0.25, 0.3) is 0 Å². The third-order valence-corrected chi connectivity index (χ3v) is 2.81. The smallest absolute Gasteiger partial charge is 0.236 e. The van der Waals surface area contributed by atoms with Crippen molar-refractivity contribution >= 4 is 5.91 Å². The molecule has 1 N–H and O–H groups in total. The van der Waals surface area contributed by atoms with E-state index >= 15 is 0 Å². The van der Waals surface area contributed by atoms with E-state index in [1.807, 2.05) is 4.90 Å². The molecule has 0 spiro atoms. The third-order valence-electron chi connectivity index (χ3n) is 2.81. The van der Waals surface area contributed by atoms with Crippen molar-refractivity contribution in [3.63, 3.8) is 0 Å². The average molecular weight is 244 g/mol. The van der Waals surface area contributed by atoms with Gasteiger partial charge in [-0.25, -0.2) is 0 Å². The predicted molar refractivity (Wildman–Crippen MR) is 66.0 cm³/mol. The van der Waals surface area contributed by atoms with Crippen molar-refractivity contribution in [2.75, 3.05) is 47.1 Å². The number of ether oxygens (including phenoxy) is 2. The molecule has 1 rings (SSSR count). The zero-order valence-electron chi connectivity index (χ0n) is 10.9. The number of nitrogens with one attached hydrogen (secondary N) is 1. The normalized spacial score (nSPS) is 14.9. The van der Waals surface area contributed by atoms with Crippen molar-refractivity contribution < 1.29 is 14.3 Å². The Morgan fingerprint density at radius 3 is 2.53 bits per heavy atom. The molecule has 0 unspecified atom stereocenters. The largest absolute Gasteiger partial charge is 0.385 e. The second-order valence-corrected chi connectivity index (χ2v) is 4.38. The van der Waals surface area contributed by atoms with Crippen LogP contribution in [0.15, 0.2) is 0 Å². The second kappa shape index (κ2) is 8.44. The number of carbonyl (C=O) groups is 1. The van der Waals surface area contributed by atoms with Crippen molar-refractivity contribution in [3.8, 4) is 0 Å². The second-order valence-electron chi connectivity index (χ2n) is 4.38. The third kappa shape index (κ3) is 6.61. The highest BCUT2D eigenvalue weighted by molar-refractivity contribution is 5.78. The van der Waals surface area contributed by atoms with E-state index in [0.717, 1.165) is 13.0 Å². The number of hydrogen-bond donors (Lipinski definition) is 1. The number of methoxy groups -OCH3 is 2. The maximum atomic E-state index is 11.9. The van der Waals surface area contributed by atoms with Gasteiger partial charge in [-0.1, -0.05) is 0 Å². The van der Waals surface area contributed by atoms with Gasteiger partial charge < -0.3 is 19.7 Å². The Kier molecular flexibility index (Phi) is 7.16. The van der Waals surface area contributed by atoms with Gasteiger partial charge in [0.05, 0.1) is 13.2 Å². The first-order valence-electron chi connectivity index (χ1n) is 6.27. The fourth-order valence-corrected chi connectivity index (χ4v) is 1.59. The van der Waals surface area contributed by atoms with Gasteiger partial charge >= 0.3 is 0 Å². The van der Waals surface area contributed by atoms with Crippen LogP contribution in [-0.4, -0.2) is 63.9 Å². The Morgan fingerprint density at radius 2 is 1.94 bits per heavy atom. The van der Waals surface area contributed by atoms with E-state index in [1.165, 1.54) is 12.8 Å². The summed E-state index contributed by atoms with van der Waals surface area (Å²) in [5, 5.41) is 3.24. The zero-order valence-corrected chi connectivity index (χ0v) is 10.9. The summed E-state index contributed by atoms with van der Waals surface area (Å²) >= 11 is 0. The Hall–Kier alpha value is -0.650. The first-order valence-corrected chi connectivity index (χ1v) is 6.27. The summed E-state index contributed by atoms with van der Waals surface area (Å²) in [6, 6.07) is 0.571. The van der Waals surface area contributed by atoms with Crippen LogP contribution in [0, 0.1) is 0 Å². The standard InChI is InChI=1S/C12H24N2O3/c1-16-8-3-6-14(7-9-17-2)12(15)10-13-11-4-5-11/h11,13H,3-10H2,1-2H3. The van der Waals surface area contributed by atoms with E-state index in [-0.39, 0.29) is 5.91 Å². The molecule has 0 aromatic rings. The fourth-order valence-electron chi connectivity index (χ4n) is 1.59. The maximum absolute atomic E-state index is 11.9. The van der Waals surface area contributed by atoms with Crippen LogP contribution in [-0.2, 0) is 14.3 Å². The highest BCUT2D eigenvalue weighted by Gasteiger charge is 2.22. The molecule has 0 heterocycles. The molecule has 1 amide bonds. The zero-order chi connectivity index (χ0) is 12.5. The van der Waals surface area contributed by atoms with Gasteiger partial charge in [0, 0.05) is 40.0 Å². The van der Waals surface area contributed by atoms with E-state index in [1.54, 1.807) is 14.2 Å². The molecule has 0 saturated heterocycles. The highest BCUT2D eigenvalue weighted by atomic mass is 16.5. The molecule has 5 nitrogen and oxygen atoms in total. The lowest BCUT2D eigenvalue weighted by atomic mass is 10.3. The van der Waals surface area contributed by atoms with Gasteiger partial charge in [0.1, 0.15) is 0 Å². The molecule has 17 heavy (non-hydrogen) atoms. The molecule has 100 valence electrons. The van der Waals surface area contributed by atoms with E-state index in [9.17, 15) is 4.79 Å². The summed E-state index contributed by atoms with van der Waals surface area (Å²) in [6.07, 6.45) is 3.28. The molecule has 0 bridgehead atoms. The first-order chi connectivity index (χ1) is 8.27. The number of hydrogen-bond acceptors (Lipinski definition) is 4. The number of amides is 1. The topological polar surface area (TPSA) is 50.8 Å². The van der Waals surface area contributed by atoms with Gasteiger partial charge in [0.15, 0.2) is 0 Å². The van der Waals surface area contributed by atoms with Crippen LogP contribution in [0.1, 0.15) is 19.3 Å². The fraction of sp³-hybridized carbons (Fsp3) is 0.917. The monoisotopic (exact) mass is 244 g/mol. The molecule has 0 radical (unpaired) electrons. The predicted octanol–water partition coefficient (Wildman–Crippen LogP) is 0.250. The van der Waals surface area contributed by atoms with Gasteiger partial charge in [0.25, 0.3) is 0 Å². The molecule has 1 fully saturated rings. The summed E-state index contributed by atoms with van der Waals surface area (Å²) < 4.78 is 10.0. The molecule has 1 aliphatic carbocycles. The van der Waals surface area contributed by atoms with Crippen LogP contribution in [0.4, 0.5) is 0 Å². The Morgan fingerprint density at radius 1 is 1.24 bits per heavy atom. The van der Waals surface area contributed by atoms with Gasteiger partial charge in [-0.3, -0.25) is 4.79 Å². The van der Waals surface area contributed by atoms with Crippen LogP contribution in [0.3, 0.4) is 0 Å². The van der Waals surface area contributed by atoms with Crippen LogP contribution >= 0.6 is 0 Å². The molecule has 1 aliphatic rings. The van der Waals surface area contributed by atoms with E-state index < -0.39 is 0 Å². The summed E-state index contributed by atoms with van der Waals surface area (Å²) in [7, 11) is 3.33. The van der Waals surface area contributed by atoms with Crippen molar-refractivity contribution in [2.45, 2.75) is 25.3 Å². The summed E-state index contributed by atoms with van der Waals surface area (Å²) in [5.41, 5.74) is 0. The number of rotatable bonds is 10. The molecular formula is C12H24N2O3. The minimum absolute atomic E-state index is 0.157. The minimum Gasteiger partial charge on any atom is -0.385 e. The Bertz CT molecular complexity index is 220. The van der Waals surface area contributed by atoms with Gasteiger partial charge in [-0.05, 0) is 19.3 Å². The maximum Gasteiger partial charge on any atom is 0.236 e. The Labute approximate surface area is 103 Å². The average Bonchev–Trinajstić information content (AvgIpc) is 3.14. The molecular weight excluding hydrogens is 220 g/mol. The van der Waals surface area contributed by atoms with Gasteiger partial charge in [-0.2, -0.15) is 0 Å². The van der Waals surface area contributed by atoms with Crippen LogP contribution in [0.5, 0.6) is 0 Å². The number of carbonyl (C=O) groups excluding carboxylic acids is 1. The van der Waals surface area contributed by atoms with E-state index in [2.05, 4.69) is 5.32 Å². The lowest BCUT2D eigenvalue weighted by molar-refractivity contribution is -0.131. The quantitative estimate of drug-likeness (QED) is 0.560. The molecule has 0 aromatic heterocycles. The van der Waals surface area contributed by atoms with Crippen molar-refractivity contribution in [1.82, 2.24) is 10.2 Å². The van der Waals surface area contributed by atoms with Gasteiger partial charge in [0.2, 0.25) is 5.91 Å². The van der Waals surface area contributed by atoms with E-state index in [0.29, 0.717) is 32.3 Å². The molecule has 0 aliphatic heterocycles. The Balaban J connectivity index is 2.22. The van der Waals surface area contributed by atoms with Crippen molar-refractivity contribution in [2.24, 2.45) is 0 Å².